The largest absolute Gasteiger partial charge is 0.285 e. The van der Waals surface area contributed by atoms with E-state index in [1.54, 1.807) is 12.4 Å². The third-order valence-electron chi connectivity index (χ3n) is 3.29. The maximum absolute atomic E-state index is 4.81. The smallest absolute Gasteiger partial charge is 0.0999 e. The summed E-state index contributed by atoms with van der Waals surface area (Å²) >= 11 is 0. The first-order valence-electron chi connectivity index (χ1n) is 6.89. The molecule has 1 N–H and O–H groups in total. The Hall–Kier alpha value is -2.69. The summed E-state index contributed by atoms with van der Waals surface area (Å²) in [5.41, 5.74) is 5.86. The van der Waals surface area contributed by atoms with Gasteiger partial charge in [0.2, 0.25) is 0 Å². The van der Waals surface area contributed by atoms with Crippen molar-refractivity contribution < 1.29 is 0 Å². The number of H-pyrrole nitrogens is 1. The molecule has 0 bridgehead atoms. The van der Waals surface area contributed by atoms with Gasteiger partial charge < -0.3 is 0 Å². The van der Waals surface area contributed by atoms with E-state index in [0.717, 1.165) is 40.0 Å². The van der Waals surface area contributed by atoms with Crippen molar-refractivity contribution in [2.75, 3.05) is 0 Å². The van der Waals surface area contributed by atoms with Crippen molar-refractivity contribution in [3.05, 3.63) is 54.8 Å². The Kier molecular flexibility index (Phi) is 3.39. The fraction of sp³-hybridized carbons (Fsp3) is 0.188. The molecule has 106 valence electrons. The molecule has 0 amide bonds. The Morgan fingerprint density at radius 1 is 1.48 bits per heavy atom. The molecule has 0 fully saturated rings. The predicted octanol–water partition coefficient (Wildman–Crippen LogP) is 3.49. The maximum atomic E-state index is 4.81. The molecule has 0 unspecified atom stereocenters. The van der Waals surface area contributed by atoms with E-state index in [1.165, 1.54) is 0 Å². The van der Waals surface area contributed by atoms with Gasteiger partial charge in [0.15, 0.2) is 0 Å². The summed E-state index contributed by atoms with van der Waals surface area (Å²) in [7, 11) is 0. The van der Waals surface area contributed by atoms with Crippen molar-refractivity contribution in [1.82, 2.24) is 24.8 Å². The Morgan fingerprint density at radius 2 is 2.33 bits per heavy atom. The van der Waals surface area contributed by atoms with Gasteiger partial charge >= 0.3 is 0 Å². The van der Waals surface area contributed by atoms with Crippen LogP contribution in [0.2, 0.25) is 0 Å². The number of hydrogen-bond acceptors (Lipinski definition) is 3. The Balaban J connectivity index is 2.24. The molecule has 0 aliphatic heterocycles. The molecular weight excluding hydrogens is 262 g/mol. The van der Waals surface area contributed by atoms with Crippen molar-refractivity contribution in [3.63, 3.8) is 0 Å². The van der Waals surface area contributed by atoms with E-state index in [9.17, 15) is 0 Å². The SMILES string of the molecule is C=C(C)/C=C(\CC)c1cn2nccc2c(-c2cn[nH]c2)n1. The normalized spacial score (nSPS) is 12.0. The van der Waals surface area contributed by atoms with E-state index in [4.69, 9.17) is 4.98 Å². The molecule has 3 rings (SSSR count). The molecule has 0 spiro atoms. The Morgan fingerprint density at radius 3 is 3.00 bits per heavy atom. The van der Waals surface area contributed by atoms with Crippen LogP contribution in [0, 0.1) is 0 Å². The van der Waals surface area contributed by atoms with Crippen LogP contribution in [0.1, 0.15) is 26.0 Å². The van der Waals surface area contributed by atoms with E-state index in [2.05, 4.69) is 34.9 Å². The number of allylic oxidation sites excluding steroid dienone is 3. The van der Waals surface area contributed by atoms with Gasteiger partial charge in [-0.05, 0) is 25.0 Å². The van der Waals surface area contributed by atoms with E-state index in [0.29, 0.717) is 0 Å². The van der Waals surface area contributed by atoms with Crippen molar-refractivity contribution in [1.29, 1.82) is 0 Å². The molecule has 0 saturated heterocycles. The number of aromatic nitrogens is 5. The highest BCUT2D eigenvalue weighted by molar-refractivity contribution is 5.78. The maximum Gasteiger partial charge on any atom is 0.0999 e. The average Bonchev–Trinajstić information content (AvgIpc) is 3.13. The lowest BCUT2D eigenvalue weighted by atomic mass is 10.1. The predicted molar refractivity (Wildman–Crippen MR) is 83.7 cm³/mol. The number of hydrogen-bond donors (Lipinski definition) is 1. The molecule has 3 aromatic rings. The van der Waals surface area contributed by atoms with Crippen LogP contribution < -0.4 is 0 Å². The lowest BCUT2D eigenvalue weighted by molar-refractivity contribution is 0.938. The van der Waals surface area contributed by atoms with E-state index in [1.807, 2.05) is 29.9 Å². The Bertz CT molecular complexity index is 808. The molecule has 0 radical (unpaired) electrons. The van der Waals surface area contributed by atoms with Crippen LogP contribution >= 0.6 is 0 Å². The van der Waals surface area contributed by atoms with Crippen LogP contribution in [0.3, 0.4) is 0 Å². The van der Waals surface area contributed by atoms with Crippen molar-refractivity contribution >= 4 is 11.1 Å². The van der Waals surface area contributed by atoms with Crippen molar-refractivity contribution in [2.45, 2.75) is 20.3 Å². The number of aromatic amines is 1. The molecule has 0 atom stereocenters. The number of nitrogens with one attached hydrogen (secondary N) is 1. The summed E-state index contributed by atoms with van der Waals surface area (Å²) in [6.07, 6.45) is 10.3. The van der Waals surface area contributed by atoms with Crippen LogP contribution in [0.15, 0.2) is 49.1 Å². The lowest BCUT2D eigenvalue weighted by Crippen LogP contribution is -1.99. The van der Waals surface area contributed by atoms with Gasteiger partial charge in [-0.2, -0.15) is 10.2 Å². The second-order valence-electron chi connectivity index (χ2n) is 4.99. The molecule has 3 heterocycles. The van der Waals surface area contributed by atoms with Gasteiger partial charge in [0.05, 0.1) is 35.5 Å². The second-order valence-corrected chi connectivity index (χ2v) is 4.99. The molecule has 3 aromatic heterocycles. The molecule has 0 aromatic carbocycles. The first-order chi connectivity index (χ1) is 10.2. The van der Waals surface area contributed by atoms with Gasteiger partial charge in [0.1, 0.15) is 0 Å². The van der Waals surface area contributed by atoms with Crippen LogP contribution in [0.5, 0.6) is 0 Å². The molecular formula is C16H17N5. The molecule has 5 heteroatoms. The molecule has 5 nitrogen and oxygen atoms in total. The van der Waals surface area contributed by atoms with Crippen molar-refractivity contribution in [2.24, 2.45) is 0 Å². The number of fused-ring (bicyclic) bond motifs is 1. The highest BCUT2D eigenvalue weighted by atomic mass is 15.2. The summed E-state index contributed by atoms with van der Waals surface area (Å²) < 4.78 is 1.85. The van der Waals surface area contributed by atoms with Crippen LogP contribution in [0.4, 0.5) is 0 Å². The third kappa shape index (κ3) is 2.50. The van der Waals surface area contributed by atoms with Crippen LogP contribution in [-0.4, -0.2) is 24.8 Å². The highest BCUT2D eigenvalue weighted by Gasteiger charge is 2.12. The molecule has 0 aliphatic carbocycles. The zero-order valence-electron chi connectivity index (χ0n) is 12.2. The molecule has 0 aliphatic rings. The number of nitrogens with zero attached hydrogens (tertiary/aromatic N) is 4. The van der Waals surface area contributed by atoms with Crippen molar-refractivity contribution in [3.8, 4) is 11.3 Å². The summed E-state index contributed by atoms with van der Waals surface area (Å²) in [6.45, 7) is 8.05. The third-order valence-corrected chi connectivity index (χ3v) is 3.29. The minimum atomic E-state index is 0.875. The van der Waals surface area contributed by atoms with Gasteiger partial charge in [0.25, 0.3) is 0 Å². The summed E-state index contributed by atoms with van der Waals surface area (Å²) in [6, 6.07) is 1.95. The Labute approximate surface area is 123 Å². The fourth-order valence-corrected chi connectivity index (χ4v) is 2.33. The average molecular weight is 279 g/mol. The number of rotatable bonds is 4. The van der Waals surface area contributed by atoms with Crippen LogP contribution in [-0.2, 0) is 0 Å². The van der Waals surface area contributed by atoms with Gasteiger partial charge in [-0.15, -0.1) is 0 Å². The molecule has 21 heavy (non-hydrogen) atoms. The van der Waals surface area contributed by atoms with E-state index in [-0.39, 0.29) is 0 Å². The monoisotopic (exact) mass is 279 g/mol. The first kappa shape index (κ1) is 13.3. The first-order valence-corrected chi connectivity index (χ1v) is 6.89. The quantitative estimate of drug-likeness (QED) is 0.744. The standard InChI is InChI=1S/C16H17N5/c1-4-12(7-11(2)3)14-10-21-15(5-6-19-21)16(20-14)13-8-17-18-9-13/h5-10H,2,4H2,1,3H3,(H,17,18)/b12-7+. The van der Waals surface area contributed by atoms with Gasteiger partial charge in [-0.3, -0.25) is 5.10 Å². The topological polar surface area (TPSA) is 58.9 Å². The molecule has 0 saturated carbocycles. The lowest BCUT2D eigenvalue weighted by Gasteiger charge is -2.08. The van der Waals surface area contributed by atoms with Crippen LogP contribution in [0.25, 0.3) is 22.3 Å². The minimum Gasteiger partial charge on any atom is -0.285 e. The zero-order chi connectivity index (χ0) is 14.8. The zero-order valence-corrected chi connectivity index (χ0v) is 12.2. The summed E-state index contributed by atoms with van der Waals surface area (Å²) in [4.78, 5) is 4.81. The summed E-state index contributed by atoms with van der Waals surface area (Å²) in [5.74, 6) is 0. The van der Waals surface area contributed by atoms with E-state index >= 15 is 0 Å². The highest BCUT2D eigenvalue weighted by Crippen LogP contribution is 2.25. The second kappa shape index (κ2) is 5.36. The van der Waals surface area contributed by atoms with Gasteiger partial charge in [0, 0.05) is 11.8 Å². The van der Waals surface area contributed by atoms with Gasteiger partial charge in [-0.1, -0.05) is 25.2 Å². The fourth-order valence-electron chi connectivity index (χ4n) is 2.33. The summed E-state index contributed by atoms with van der Waals surface area (Å²) in [5, 5.41) is 11.2. The minimum absolute atomic E-state index is 0.875. The van der Waals surface area contributed by atoms with Gasteiger partial charge in [-0.25, -0.2) is 9.50 Å². The van der Waals surface area contributed by atoms with E-state index < -0.39 is 0 Å².